The van der Waals surface area contributed by atoms with Crippen molar-refractivity contribution in [3.63, 3.8) is 0 Å². The fraction of sp³-hybridized carbons (Fsp3) is 0.0145. The Morgan fingerprint density at radius 2 is 0.571 bits per heavy atom. The van der Waals surface area contributed by atoms with Gasteiger partial charge in [0.05, 0.1) is 22.5 Å². The number of nitrogens with zero attached hydrogens (tertiary/aromatic N) is 1. The van der Waals surface area contributed by atoms with Gasteiger partial charge in [-0.1, -0.05) is 267 Å². The number of anilines is 3. The molecule has 0 saturated carbocycles. The molecule has 0 unspecified atom stereocenters. The van der Waals surface area contributed by atoms with Crippen molar-refractivity contribution in [2.24, 2.45) is 0 Å². The third kappa shape index (κ3) is 6.70. The number of hydrogen-bond acceptors (Lipinski definition) is 1. The van der Waals surface area contributed by atoms with E-state index in [4.69, 9.17) is 0 Å². The second-order valence-corrected chi connectivity index (χ2v) is 18.3. The minimum atomic E-state index is -0.552. The van der Waals surface area contributed by atoms with Gasteiger partial charge in [-0.3, -0.25) is 0 Å². The summed E-state index contributed by atoms with van der Waals surface area (Å²) in [6, 6.07) is 105. The number of hydrogen-bond donors (Lipinski definition) is 0. The van der Waals surface area contributed by atoms with Crippen molar-refractivity contribution < 1.29 is 0 Å². The molecule has 0 amide bonds. The summed E-state index contributed by atoms with van der Waals surface area (Å²) < 4.78 is 0. The Hall–Kier alpha value is -9.04. The Balaban J connectivity index is 1.04. The normalized spacial score (nSPS) is 12.4. The van der Waals surface area contributed by atoms with Gasteiger partial charge in [-0.25, -0.2) is 0 Å². The van der Waals surface area contributed by atoms with Gasteiger partial charge in [-0.15, -0.1) is 0 Å². The lowest BCUT2D eigenvalue weighted by molar-refractivity contribution is 0.768. The first-order valence-corrected chi connectivity index (χ1v) is 24.3. The smallest absolute Gasteiger partial charge is 0.0714 e. The summed E-state index contributed by atoms with van der Waals surface area (Å²) in [6.07, 6.45) is 0. The van der Waals surface area contributed by atoms with Crippen LogP contribution in [0, 0.1) is 0 Å². The van der Waals surface area contributed by atoms with Gasteiger partial charge in [-0.2, -0.15) is 0 Å². The second-order valence-electron chi connectivity index (χ2n) is 18.3. The van der Waals surface area contributed by atoms with E-state index in [2.05, 4.69) is 290 Å². The van der Waals surface area contributed by atoms with Crippen LogP contribution in [-0.4, -0.2) is 0 Å². The summed E-state index contributed by atoms with van der Waals surface area (Å²) in [7, 11) is 0. The first-order chi connectivity index (χ1) is 34.8. The monoisotopic (exact) mass is 889 g/mol. The fourth-order valence-electron chi connectivity index (χ4n) is 11.5. The third-order valence-corrected chi connectivity index (χ3v) is 14.6. The van der Waals surface area contributed by atoms with Gasteiger partial charge in [0.25, 0.3) is 0 Å². The van der Waals surface area contributed by atoms with Crippen molar-refractivity contribution in [3.05, 3.63) is 307 Å². The molecule has 70 heavy (non-hydrogen) atoms. The lowest BCUT2D eigenvalue weighted by Gasteiger charge is -2.35. The highest BCUT2D eigenvalue weighted by Gasteiger charge is 2.47. The fourth-order valence-corrected chi connectivity index (χ4v) is 11.5. The van der Waals surface area contributed by atoms with Gasteiger partial charge < -0.3 is 4.90 Å². The van der Waals surface area contributed by atoms with Crippen molar-refractivity contribution in [2.45, 2.75) is 5.41 Å². The van der Waals surface area contributed by atoms with E-state index in [-0.39, 0.29) is 0 Å². The van der Waals surface area contributed by atoms with Crippen molar-refractivity contribution >= 4 is 38.6 Å². The van der Waals surface area contributed by atoms with Crippen LogP contribution < -0.4 is 4.90 Å². The van der Waals surface area contributed by atoms with E-state index < -0.39 is 5.41 Å². The van der Waals surface area contributed by atoms with Crippen LogP contribution in [0.15, 0.2) is 285 Å². The highest BCUT2D eigenvalue weighted by molar-refractivity contribution is 6.03. The maximum absolute atomic E-state index is 2.55. The topological polar surface area (TPSA) is 3.24 Å². The Kier molecular flexibility index (Phi) is 10.1. The molecule has 1 heteroatoms. The van der Waals surface area contributed by atoms with Gasteiger partial charge in [0.2, 0.25) is 0 Å². The quantitative estimate of drug-likeness (QED) is 0.140. The average Bonchev–Trinajstić information content (AvgIpc) is 3.75. The van der Waals surface area contributed by atoms with Crippen LogP contribution in [0.4, 0.5) is 17.1 Å². The van der Waals surface area contributed by atoms with Crippen LogP contribution in [0.3, 0.4) is 0 Å². The second kappa shape index (κ2) is 17.2. The molecule has 0 bridgehead atoms. The van der Waals surface area contributed by atoms with Gasteiger partial charge in [0.15, 0.2) is 0 Å². The van der Waals surface area contributed by atoms with Crippen LogP contribution in [0.2, 0.25) is 0 Å². The van der Waals surface area contributed by atoms with Crippen LogP contribution >= 0.6 is 0 Å². The standard InChI is InChI=1S/C69H47N/c1-3-24-54(25-4-1)69(55-26-5-2-6-27-55)63-35-14-11-32-62(63)68-64(69)36-19-39-67(68)70(65-37-15-12-30-60(65)52-44-40-50(41-45-52)58-33-17-22-48-20-7-9-28-56(48)58)66-38-16-13-31-61(66)53-46-42-51(43-47-53)59-34-18-23-49-21-8-10-29-57(49)59/h1-47H. The molecule has 328 valence electrons. The molecule has 12 aromatic rings. The molecule has 13 rings (SSSR count). The van der Waals surface area contributed by atoms with E-state index in [1.807, 2.05) is 0 Å². The maximum atomic E-state index is 2.55. The Bertz CT molecular complexity index is 3650. The first kappa shape index (κ1) is 41.2. The van der Waals surface area contributed by atoms with Crippen molar-refractivity contribution in [3.8, 4) is 55.6 Å². The summed E-state index contributed by atoms with van der Waals surface area (Å²) in [5.74, 6) is 0. The van der Waals surface area contributed by atoms with Crippen molar-refractivity contribution in [1.82, 2.24) is 0 Å². The molecule has 0 aromatic heterocycles. The van der Waals surface area contributed by atoms with E-state index in [1.54, 1.807) is 0 Å². The molecule has 0 aliphatic heterocycles. The van der Waals surface area contributed by atoms with Crippen molar-refractivity contribution in [2.75, 3.05) is 4.90 Å². The van der Waals surface area contributed by atoms with Crippen LogP contribution in [0.1, 0.15) is 22.3 Å². The Morgan fingerprint density at radius 1 is 0.229 bits per heavy atom. The number of benzene rings is 12. The molecular weight excluding hydrogens is 843 g/mol. The molecular formula is C69H47N. The molecule has 0 spiro atoms. The van der Waals surface area contributed by atoms with E-state index in [1.165, 1.54) is 77.2 Å². The SMILES string of the molecule is c1ccc(C2(c3ccccc3)c3ccccc3-c3c(N(c4ccccc4-c4ccc(-c5cccc6ccccc56)cc4)c4ccccc4-c4ccc(-c5cccc6ccccc56)cc4)cccc32)cc1. The lowest BCUT2D eigenvalue weighted by Crippen LogP contribution is -2.28. The number of fused-ring (bicyclic) bond motifs is 5. The summed E-state index contributed by atoms with van der Waals surface area (Å²) in [5, 5.41) is 5.00. The number of para-hydroxylation sites is 2. The molecule has 1 nitrogen and oxygen atoms in total. The Morgan fingerprint density at radius 3 is 1.09 bits per heavy atom. The van der Waals surface area contributed by atoms with Crippen LogP contribution in [-0.2, 0) is 5.41 Å². The zero-order valence-corrected chi connectivity index (χ0v) is 38.6. The molecule has 1 aliphatic carbocycles. The predicted molar refractivity (Wildman–Crippen MR) is 295 cm³/mol. The average molecular weight is 890 g/mol. The number of rotatable bonds is 9. The van der Waals surface area contributed by atoms with E-state index in [0.29, 0.717) is 0 Å². The summed E-state index contributed by atoms with van der Waals surface area (Å²) >= 11 is 0. The largest absolute Gasteiger partial charge is 0.309 e. The van der Waals surface area contributed by atoms with E-state index >= 15 is 0 Å². The summed E-state index contributed by atoms with van der Waals surface area (Å²) in [6.45, 7) is 0. The molecule has 0 heterocycles. The highest BCUT2D eigenvalue weighted by atomic mass is 15.2. The zero-order valence-electron chi connectivity index (χ0n) is 38.6. The van der Waals surface area contributed by atoms with Gasteiger partial charge in [0.1, 0.15) is 0 Å². The molecule has 0 fully saturated rings. The minimum absolute atomic E-state index is 0.552. The summed E-state index contributed by atoms with van der Waals surface area (Å²) in [4.78, 5) is 2.55. The van der Waals surface area contributed by atoms with Gasteiger partial charge in [-0.05, 0) is 101 Å². The molecule has 0 atom stereocenters. The van der Waals surface area contributed by atoms with Crippen LogP contribution in [0.5, 0.6) is 0 Å². The summed E-state index contributed by atoms with van der Waals surface area (Å²) in [5.41, 5.74) is 19.7. The minimum Gasteiger partial charge on any atom is -0.309 e. The van der Waals surface area contributed by atoms with E-state index in [0.717, 1.165) is 39.3 Å². The van der Waals surface area contributed by atoms with Crippen LogP contribution in [0.25, 0.3) is 77.2 Å². The zero-order chi connectivity index (χ0) is 46.4. The molecule has 0 N–H and O–H groups in total. The molecule has 0 radical (unpaired) electrons. The van der Waals surface area contributed by atoms with E-state index in [9.17, 15) is 0 Å². The van der Waals surface area contributed by atoms with Gasteiger partial charge in [0, 0.05) is 16.7 Å². The lowest BCUT2D eigenvalue weighted by atomic mass is 9.68. The molecule has 0 saturated heterocycles. The maximum Gasteiger partial charge on any atom is 0.0714 e. The molecule has 1 aliphatic rings. The highest BCUT2D eigenvalue weighted by Crippen LogP contribution is 2.60. The molecule has 12 aromatic carbocycles. The Labute approximate surface area is 409 Å². The van der Waals surface area contributed by atoms with Gasteiger partial charge >= 0.3 is 0 Å². The third-order valence-electron chi connectivity index (χ3n) is 14.6. The predicted octanol–water partition coefficient (Wildman–Crippen LogP) is 18.5. The first-order valence-electron chi connectivity index (χ1n) is 24.3. The van der Waals surface area contributed by atoms with Crippen molar-refractivity contribution in [1.29, 1.82) is 0 Å².